The van der Waals surface area contributed by atoms with E-state index in [1.807, 2.05) is 12.1 Å². The minimum absolute atomic E-state index is 0.117. The van der Waals surface area contributed by atoms with E-state index in [0.29, 0.717) is 53.7 Å². The first kappa shape index (κ1) is 23.5. The van der Waals surface area contributed by atoms with Crippen LogP contribution in [0.1, 0.15) is 21.6 Å². The van der Waals surface area contributed by atoms with Crippen LogP contribution < -0.4 is 0 Å². The molecule has 3 aliphatic rings. The molecular weight excluding hydrogens is 483 g/mol. The molecule has 0 spiro atoms. The fourth-order valence-corrected chi connectivity index (χ4v) is 6.33. The summed E-state index contributed by atoms with van der Waals surface area (Å²) in [4.78, 5) is 18.0. The summed E-state index contributed by atoms with van der Waals surface area (Å²) in [7, 11) is -1.47. The SMILES string of the molecule is O=C(c1nn(-c2ccc(CN3CCOCC3)cc2)c2c1CS(=O)c1cc(F)ccc1-2)N1CCOCC1. The monoisotopic (exact) mass is 510 g/mol. The molecule has 1 amide bonds. The zero-order valence-corrected chi connectivity index (χ0v) is 20.6. The van der Waals surface area contributed by atoms with Gasteiger partial charge in [-0.3, -0.25) is 13.9 Å². The molecule has 1 aromatic heterocycles. The van der Waals surface area contributed by atoms with E-state index < -0.39 is 16.6 Å². The lowest BCUT2D eigenvalue weighted by Crippen LogP contribution is -2.41. The number of benzene rings is 2. The number of aromatic nitrogens is 2. The third-order valence-corrected chi connectivity index (χ3v) is 8.27. The Bertz CT molecular complexity index is 1310. The molecule has 1 unspecified atom stereocenters. The van der Waals surface area contributed by atoms with E-state index in [1.165, 1.54) is 17.7 Å². The molecule has 36 heavy (non-hydrogen) atoms. The maximum atomic E-state index is 14.0. The number of amides is 1. The Morgan fingerprint density at radius 2 is 1.67 bits per heavy atom. The fourth-order valence-electron chi connectivity index (χ4n) is 4.99. The van der Waals surface area contributed by atoms with Gasteiger partial charge in [-0.1, -0.05) is 12.1 Å². The average Bonchev–Trinajstić information content (AvgIpc) is 3.29. The first-order valence-electron chi connectivity index (χ1n) is 12.1. The topological polar surface area (TPSA) is 76.9 Å². The molecule has 0 bridgehead atoms. The van der Waals surface area contributed by atoms with E-state index in [0.717, 1.165) is 38.5 Å². The summed E-state index contributed by atoms with van der Waals surface area (Å²) in [6.07, 6.45) is 0. The van der Waals surface area contributed by atoms with E-state index in [-0.39, 0.29) is 11.7 Å². The Morgan fingerprint density at radius 1 is 0.972 bits per heavy atom. The van der Waals surface area contributed by atoms with Crippen LogP contribution in [0.5, 0.6) is 0 Å². The van der Waals surface area contributed by atoms with Crippen molar-refractivity contribution in [2.45, 2.75) is 17.2 Å². The van der Waals surface area contributed by atoms with Gasteiger partial charge in [0.1, 0.15) is 5.82 Å². The summed E-state index contributed by atoms with van der Waals surface area (Å²) >= 11 is 0. The van der Waals surface area contributed by atoms with Crippen LogP contribution in [0, 0.1) is 5.82 Å². The van der Waals surface area contributed by atoms with Crippen molar-refractivity contribution < 1.29 is 22.9 Å². The summed E-state index contributed by atoms with van der Waals surface area (Å²) in [5.41, 5.74) is 4.24. The van der Waals surface area contributed by atoms with E-state index >= 15 is 0 Å². The van der Waals surface area contributed by atoms with Gasteiger partial charge in [0.2, 0.25) is 0 Å². The van der Waals surface area contributed by atoms with Gasteiger partial charge in [-0.05, 0) is 35.9 Å². The van der Waals surface area contributed by atoms with E-state index in [4.69, 9.17) is 14.6 Å². The van der Waals surface area contributed by atoms with Crippen molar-refractivity contribution in [3.8, 4) is 16.9 Å². The lowest BCUT2D eigenvalue weighted by molar-refractivity contribution is 0.0298. The van der Waals surface area contributed by atoms with Gasteiger partial charge in [0, 0.05) is 43.9 Å². The van der Waals surface area contributed by atoms with Crippen molar-refractivity contribution in [2.75, 3.05) is 52.6 Å². The third-order valence-electron chi connectivity index (χ3n) is 6.89. The molecule has 2 saturated heterocycles. The van der Waals surface area contributed by atoms with Crippen molar-refractivity contribution in [1.82, 2.24) is 19.6 Å². The number of morpholine rings is 2. The Kier molecular flexibility index (Phi) is 6.43. The number of fused-ring (bicyclic) bond motifs is 3. The fraction of sp³-hybridized carbons (Fsp3) is 0.385. The number of rotatable bonds is 4. The van der Waals surface area contributed by atoms with E-state index in [2.05, 4.69) is 17.0 Å². The van der Waals surface area contributed by atoms with E-state index in [1.54, 1.807) is 15.6 Å². The van der Waals surface area contributed by atoms with Gasteiger partial charge in [0.15, 0.2) is 5.69 Å². The summed E-state index contributed by atoms with van der Waals surface area (Å²) < 4.78 is 39.7. The van der Waals surface area contributed by atoms with Crippen molar-refractivity contribution in [2.24, 2.45) is 0 Å². The molecule has 2 aromatic carbocycles. The Labute approximate surface area is 211 Å². The van der Waals surface area contributed by atoms with E-state index in [9.17, 15) is 13.4 Å². The van der Waals surface area contributed by atoms with Gasteiger partial charge in [-0.2, -0.15) is 5.10 Å². The number of hydrogen-bond donors (Lipinski definition) is 0. The first-order chi connectivity index (χ1) is 17.6. The molecule has 0 N–H and O–H groups in total. The average molecular weight is 511 g/mol. The van der Waals surface area contributed by atoms with Crippen molar-refractivity contribution >= 4 is 16.7 Å². The molecule has 188 valence electrons. The van der Waals surface area contributed by atoms with Crippen molar-refractivity contribution in [1.29, 1.82) is 0 Å². The normalized spacial score (nSPS) is 20.1. The summed E-state index contributed by atoms with van der Waals surface area (Å²) in [6, 6.07) is 12.4. The van der Waals surface area contributed by atoms with Crippen LogP contribution in [0.3, 0.4) is 0 Å². The minimum atomic E-state index is -1.47. The quantitative estimate of drug-likeness (QED) is 0.537. The highest BCUT2D eigenvalue weighted by Crippen LogP contribution is 2.39. The van der Waals surface area contributed by atoms with Gasteiger partial charge >= 0.3 is 0 Å². The van der Waals surface area contributed by atoms with Crippen LogP contribution >= 0.6 is 0 Å². The Morgan fingerprint density at radius 3 is 2.39 bits per heavy atom. The molecule has 3 aromatic rings. The largest absolute Gasteiger partial charge is 0.379 e. The molecule has 0 saturated carbocycles. The molecule has 4 heterocycles. The molecule has 2 fully saturated rings. The zero-order chi connectivity index (χ0) is 24.6. The third kappa shape index (κ3) is 4.39. The molecule has 8 nitrogen and oxygen atoms in total. The summed E-state index contributed by atoms with van der Waals surface area (Å²) in [5.74, 6) is -0.514. The number of carbonyl (C=O) groups excluding carboxylic acids is 1. The summed E-state index contributed by atoms with van der Waals surface area (Å²) in [6.45, 7) is 6.09. The molecule has 1 atom stereocenters. The highest BCUT2D eigenvalue weighted by Gasteiger charge is 2.34. The second-order valence-corrected chi connectivity index (χ2v) is 10.6. The Hall–Kier alpha value is -2.92. The van der Waals surface area contributed by atoms with Crippen LogP contribution in [0.2, 0.25) is 0 Å². The maximum absolute atomic E-state index is 14.0. The standard InChI is InChI=1S/C26H27FN4O4S/c27-19-3-6-21-23(15-19)36(33)17-22-24(26(32)30-9-13-35-14-10-30)28-31(25(21)22)20-4-1-18(2-5-20)16-29-7-11-34-12-8-29/h1-6,15H,7-14,16-17H2. The van der Waals surface area contributed by atoms with Crippen LogP contribution in [0.15, 0.2) is 47.4 Å². The van der Waals surface area contributed by atoms with Gasteiger partial charge in [-0.25, -0.2) is 9.07 Å². The second kappa shape index (κ2) is 9.85. The highest BCUT2D eigenvalue weighted by atomic mass is 32.2. The van der Waals surface area contributed by atoms with Crippen molar-refractivity contribution in [3.05, 3.63) is 65.1 Å². The molecule has 6 rings (SSSR count). The lowest BCUT2D eigenvalue weighted by atomic mass is 10.0. The van der Waals surface area contributed by atoms with Crippen LogP contribution in [-0.2, 0) is 32.6 Å². The molecule has 10 heteroatoms. The number of ether oxygens (including phenoxy) is 2. The number of hydrogen-bond acceptors (Lipinski definition) is 6. The minimum Gasteiger partial charge on any atom is -0.379 e. The Balaban J connectivity index is 1.41. The maximum Gasteiger partial charge on any atom is 0.274 e. The lowest BCUT2D eigenvalue weighted by Gasteiger charge is -2.26. The second-order valence-electron chi connectivity index (χ2n) is 9.18. The highest BCUT2D eigenvalue weighted by molar-refractivity contribution is 7.84. The molecule has 0 aliphatic carbocycles. The molecule has 3 aliphatic heterocycles. The van der Waals surface area contributed by atoms with Gasteiger partial charge in [-0.15, -0.1) is 0 Å². The van der Waals surface area contributed by atoms with Crippen LogP contribution in [0.25, 0.3) is 16.9 Å². The number of nitrogens with zero attached hydrogens (tertiary/aromatic N) is 4. The van der Waals surface area contributed by atoms with Gasteiger partial charge < -0.3 is 14.4 Å². The zero-order valence-electron chi connectivity index (χ0n) is 19.8. The van der Waals surface area contributed by atoms with Crippen LogP contribution in [-0.4, -0.2) is 82.3 Å². The summed E-state index contributed by atoms with van der Waals surface area (Å²) in [5, 5.41) is 4.77. The predicted octanol–water partition coefficient (Wildman–Crippen LogP) is 2.60. The van der Waals surface area contributed by atoms with Crippen molar-refractivity contribution in [3.63, 3.8) is 0 Å². The smallest absolute Gasteiger partial charge is 0.274 e. The first-order valence-corrected chi connectivity index (χ1v) is 13.5. The van der Waals surface area contributed by atoms with Gasteiger partial charge in [0.25, 0.3) is 5.91 Å². The number of carbonyl (C=O) groups is 1. The van der Waals surface area contributed by atoms with Gasteiger partial charge in [0.05, 0.1) is 59.3 Å². The predicted molar refractivity (Wildman–Crippen MR) is 132 cm³/mol. The number of halogens is 1. The molecule has 0 radical (unpaired) electrons. The van der Waals surface area contributed by atoms with Crippen LogP contribution in [0.4, 0.5) is 4.39 Å². The molecular formula is C26H27FN4O4S.